The van der Waals surface area contributed by atoms with Gasteiger partial charge in [-0.3, -0.25) is 5.41 Å². The minimum absolute atomic E-state index is 0.0443. The van der Waals surface area contributed by atoms with E-state index in [9.17, 15) is 0 Å². The molecule has 0 atom stereocenters. The summed E-state index contributed by atoms with van der Waals surface area (Å²) in [4.78, 5) is 2.11. The van der Waals surface area contributed by atoms with Crippen LogP contribution in [0.1, 0.15) is 89.5 Å². The Kier molecular flexibility index (Phi) is 6.10. The lowest BCUT2D eigenvalue weighted by Crippen LogP contribution is -2.36. The van der Waals surface area contributed by atoms with Gasteiger partial charge in [0.05, 0.1) is 18.8 Å². The Morgan fingerprint density at radius 1 is 0.939 bits per heavy atom. The minimum atomic E-state index is -0.161. The molecule has 0 saturated heterocycles. The van der Waals surface area contributed by atoms with Gasteiger partial charge in [-0.15, -0.1) is 0 Å². The second-order valence-electron chi connectivity index (χ2n) is 10.5. The summed E-state index contributed by atoms with van der Waals surface area (Å²) in [6, 6.07) is 10.6. The molecule has 1 fully saturated rings. The van der Waals surface area contributed by atoms with E-state index in [1.165, 1.54) is 11.1 Å². The van der Waals surface area contributed by atoms with E-state index in [1.807, 2.05) is 19.9 Å². The maximum atomic E-state index is 8.95. The number of fused-ring (bicyclic) bond motifs is 2. The highest BCUT2D eigenvalue weighted by molar-refractivity contribution is 6.03. The second kappa shape index (κ2) is 8.58. The van der Waals surface area contributed by atoms with Crippen molar-refractivity contribution in [2.75, 3.05) is 19.9 Å². The zero-order valence-corrected chi connectivity index (χ0v) is 21.2. The Hall–Kier alpha value is -2.69. The van der Waals surface area contributed by atoms with E-state index >= 15 is 0 Å². The van der Waals surface area contributed by atoms with Crippen molar-refractivity contribution in [1.82, 2.24) is 4.90 Å². The zero-order valence-electron chi connectivity index (χ0n) is 21.2. The average molecular weight is 451 g/mol. The molecule has 4 rings (SSSR count). The summed E-state index contributed by atoms with van der Waals surface area (Å²) in [5, 5.41) is 8.95. The Morgan fingerprint density at radius 2 is 1.58 bits per heavy atom. The summed E-state index contributed by atoms with van der Waals surface area (Å²) in [6.07, 6.45) is 2.04. The first-order chi connectivity index (χ1) is 15.6. The van der Waals surface area contributed by atoms with Crippen molar-refractivity contribution in [3.63, 3.8) is 0 Å². The molecule has 5 nitrogen and oxygen atoms in total. The topological polar surface area (TPSA) is 54.8 Å². The van der Waals surface area contributed by atoms with Crippen LogP contribution in [0, 0.1) is 5.41 Å². The molecule has 5 heteroatoms. The van der Waals surface area contributed by atoms with Gasteiger partial charge in [0, 0.05) is 5.56 Å². The molecule has 1 N–H and O–H groups in total. The van der Waals surface area contributed by atoms with Crippen LogP contribution in [0.5, 0.6) is 17.2 Å². The number of hydrogen-bond donors (Lipinski definition) is 1. The quantitative estimate of drug-likeness (QED) is 0.494. The van der Waals surface area contributed by atoms with Gasteiger partial charge < -0.3 is 19.1 Å². The van der Waals surface area contributed by atoms with Gasteiger partial charge in [0.15, 0.2) is 18.2 Å². The monoisotopic (exact) mass is 450 g/mol. The van der Waals surface area contributed by atoms with E-state index < -0.39 is 0 Å². The van der Waals surface area contributed by atoms with Crippen molar-refractivity contribution in [2.45, 2.75) is 78.2 Å². The van der Waals surface area contributed by atoms with Crippen LogP contribution in [0.4, 0.5) is 0 Å². The van der Waals surface area contributed by atoms with Crippen LogP contribution in [0.3, 0.4) is 0 Å². The summed E-state index contributed by atoms with van der Waals surface area (Å²) in [6.45, 7) is 16.6. The van der Waals surface area contributed by atoms with E-state index in [0.717, 1.165) is 35.5 Å². The standard InChI is InChI=1S/C28H38N2O3/c1-8-31-24-15-22-23(16-25(24)32-9-2)28(10-11-28)30(26(22)29)17-33-21-13-19(18(3)4)12-20(14-21)27(5,6)7/h12-16,18,29H,8-11,17H2,1-7H3. The summed E-state index contributed by atoms with van der Waals surface area (Å²) in [5.41, 5.74) is 4.52. The van der Waals surface area contributed by atoms with Gasteiger partial charge >= 0.3 is 0 Å². The predicted molar refractivity (Wildman–Crippen MR) is 133 cm³/mol. The number of nitrogens with one attached hydrogen (secondary N) is 1. The van der Waals surface area contributed by atoms with Crippen molar-refractivity contribution in [3.8, 4) is 17.2 Å². The molecule has 178 valence electrons. The minimum Gasteiger partial charge on any atom is -0.490 e. The normalized spacial score (nSPS) is 16.4. The lowest BCUT2D eigenvalue weighted by Gasteiger charge is -2.28. The van der Waals surface area contributed by atoms with Gasteiger partial charge in [-0.1, -0.05) is 40.7 Å². The molecular formula is C28H38N2O3. The third kappa shape index (κ3) is 4.30. The first kappa shape index (κ1) is 23.5. The van der Waals surface area contributed by atoms with Crippen LogP contribution >= 0.6 is 0 Å². The van der Waals surface area contributed by atoms with Gasteiger partial charge in [0.25, 0.3) is 0 Å². The van der Waals surface area contributed by atoms with Crippen LogP contribution in [0.2, 0.25) is 0 Å². The number of nitrogens with zero attached hydrogens (tertiary/aromatic N) is 1. The van der Waals surface area contributed by atoms with Crippen molar-refractivity contribution in [3.05, 3.63) is 52.6 Å². The van der Waals surface area contributed by atoms with Gasteiger partial charge in [0.1, 0.15) is 11.6 Å². The van der Waals surface area contributed by atoms with Crippen LogP contribution in [-0.4, -0.2) is 30.7 Å². The highest BCUT2D eigenvalue weighted by Gasteiger charge is 2.57. The Balaban J connectivity index is 1.62. The van der Waals surface area contributed by atoms with Gasteiger partial charge in [-0.05, 0) is 79.0 Å². The van der Waals surface area contributed by atoms with Crippen molar-refractivity contribution in [2.24, 2.45) is 0 Å². The summed E-state index contributed by atoms with van der Waals surface area (Å²) in [5.74, 6) is 3.27. The van der Waals surface area contributed by atoms with Gasteiger partial charge in [-0.25, -0.2) is 0 Å². The largest absolute Gasteiger partial charge is 0.490 e. The number of rotatable bonds is 8. The molecule has 1 heterocycles. The fraction of sp³-hybridized carbons (Fsp3) is 0.536. The molecule has 2 aromatic carbocycles. The summed E-state index contributed by atoms with van der Waals surface area (Å²) >= 11 is 0. The fourth-order valence-electron chi connectivity index (χ4n) is 4.64. The predicted octanol–water partition coefficient (Wildman–Crippen LogP) is 6.57. The van der Waals surface area contributed by atoms with Crippen LogP contribution in [0.15, 0.2) is 30.3 Å². The van der Waals surface area contributed by atoms with Gasteiger partial charge in [0.2, 0.25) is 0 Å². The highest BCUT2D eigenvalue weighted by atomic mass is 16.5. The Labute approximate surface area is 198 Å². The summed E-state index contributed by atoms with van der Waals surface area (Å²) in [7, 11) is 0. The van der Waals surface area contributed by atoms with E-state index in [4.69, 9.17) is 19.6 Å². The van der Waals surface area contributed by atoms with Crippen LogP contribution < -0.4 is 14.2 Å². The van der Waals surface area contributed by atoms with E-state index in [2.05, 4.69) is 63.8 Å². The van der Waals surface area contributed by atoms with Crippen LogP contribution in [0.25, 0.3) is 0 Å². The zero-order chi connectivity index (χ0) is 24.0. The molecule has 0 unspecified atom stereocenters. The second-order valence-corrected chi connectivity index (χ2v) is 10.5. The molecule has 0 aromatic heterocycles. The average Bonchev–Trinajstić information content (AvgIpc) is 3.51. The van der Waals surface area contributed by atoms with Crippen molar-refractivity contribution < 1.29 is 14.2 Å². The Bertz CT molecular complexity index is 1050. The molecule has 0 amide bonds. The first-order valence-corrected chi connectivity index (χ1v) is 12.2. The first-order valence-electron chi connectivity index (χ1n) is 12.2. The molecule has 0 bridgehead atoms. The lowest BCUT2D eigenvalue weighted by molar-refractivity contribution is 0.147. The van der Waals surface area contributed by atoms with Crippen molar-refractivity contribution in [1.29, 1.82) is 5.41 Å². The molecule has 2 aliphatic rings. The van der Waals surface area contributed by atoms with E-state index in [1.54, 1.807) is 0 Å². The molecular weight excluding hydrogens is 412 g/mol. The maximum absolute atomic E-state index is 8.95. The highest BCUT2D eigenvalue weighted by Crippen LogP contribution is 2.58. The third-order valence-electron chi connectivity index (χ3n) is 6.77. The molecule has 1 spiro atoms. The molecule has 0 radical (unpaired) electrons. The fourth-order valence-corrected chi connectivity index (χ4v) is 4.64. The van der Waals surface area contributed by atoms with Crippen LogP contribution in [-0.2, 0) is 11.0 Å². The smallest absolute Gasteiger partial charge is 0.163 e. The van der Waals surface area contributed by atoms with Crippen molar-refractivity contribution >= 4 is 5.84 Å². The lowest BCUT2D eigenvalue weighted by atomic mass is 9.84. The Morgan fingerprint density at radius 3 is 2.12 bits per heavy atom. The number of benzene rings is 2. The number of hydrogen-bond acceptors (Lipinski definition) is 4. The number of ether oxygens (including phenoxy) is 3. The maximum Gasteiger partial charge on any atom is 0.163 e. The SMILES string of the molecule is CCOc1cc2c(cc1OCC)C1(CC1)N(COc1cc(C(C)C)cc(C(C)(C)C)c1)C2=N. The molecule has 1 aliphatic carbocycles. The molecule has 1 saturated carbocycles. The van der Waals surface area contributed by atoms with E-state index in [0.29, 0.717) is 37.4 Å². The number of amidine groups is 1. The van der Waals surface area contributed by atoms with Gasteiger partial charge in [-0.2, -0.15) is 0 Å². The molecule has 2 aromatic rings. The summed E-state index contributed by atoms with van der Waals surface area (Å²) < 4.78 is 18.1. The molecule has 1 aliphatic heterocycles. The molecule has 33 heavy (non-hydrogen) atoms. The third-order valence-corrected chi connectivity index (χ3v) is 6.77. The van der Waals surface area contributed by atoms with E-state index in [-0.39, 0.29) is 11.0 Å².